The van der Waals surface area contributed by atoms with Crippen molar-refractivity contribution in [2.75, 3.05) is 7.11 Å². The van der Waals surface area contributed by atoms with E-state index in [9.17, 15) is 4.79 Å². The first-order valence-electron chi connectivity index (χ1n) is 11.2. The van der Waals surface area contributed by atoms with Gasteiger partial charge in [0.25, 0.3) is 0 Å². The number of aliphatic carboxylic acids is 1. The van der Waals surface area contributed by atoms with E-state index in [0.717, 1.165) is 31.1 Å². The van der Waals surface area contributed by atoms with E-state index in [1.807, 2.05) is 0 Å². The number of hydrogen-bond acceptors (Lipinski definition) is 2. The van der Waals surface area contributed by atoms with E-state index in [1.165, 1.54) is 64.2 Å². The SMILES string of the molecule is CCCCCC/C=C/C1CCC[C@@H]1C/C=C\CCCC(=O)O.COC1CC1. The van der Waals surface area contributed by atoms with Crippen LogP contribution in [0.2, 0.25) is 0 Å². The molecule has 0 aromatic rings. The molecule has 27 heavy (non-hydrogen) atoms. The zero-order valence-electron chi connectivity index (χ0n) is 17.7. The topological polar surface area (TPSA) is 46.5 Å². The van der Waals surface area contributed by atoms with Gasteiger partial charge in [0, 0.05) is 13.5 Å². The fourth-order valence-electron chi connectivity index (χ4n) is 3.64. The van der Waals surface area contributed by atoms with Crippen molar-refractivity contribution in [3.8, 4) is 0 Å². The lowest BCUT2D eigenvalue weighted by Crippen LogP contribution is -2.03. The summed E-state index contributed by atoms with van der Waals surface area (Å²) in [5, 5.41) is 8.60. The van der Waals surface area contributed by atoms with Gasteiger partial charge in [-0.1, -0.05) is 56.9 Å². The van der Waals surface area contributed by atoms with Crippen LogP contribution in [-0.2, 0) is 9.53 Å². The number of methoxy groups -OCH3 is 1. The van der Waals surface area contributed by atoms with Crippen LogP contribution in [0, 0.1) is 11.8 Å². The van der Waals surface area contributed by atoms with Gasteiger partial charge in [0.15, 0.2) is 0 Å². The number of unbranched alkanes of at least 4 members (excludes halogenated alkanes) is 5. The van der Waals surface area contributed by atoms with Crippen molar-refractivity contribution in [3.05, 3.63) is 24.3 Å². The Balaban J connectivity index is 0.000000625. The minimum atomic E-state index is -0.687. The number of ether oxygens (including phenoxy) is 1. The van der Waals surface area contributed by atoms with Crippen molar-refractivity contribution in [3.63, 3.8) is 0 Å². The number of allylic oxidation sites excluding steroid dienone is 4. The first-order chi connectivity index (χ1) is 13.2. The zero-order valence-corrected chi connectivity index (χ0v) is 17.7. The molecule has 2 saturated carbocycles. The second kappa shape index (κ2) is 15.9. The number of hydrogen-bond donors (Lipinski definition) is 1. The Labute approximate surface area is 167 Å². The van der Waals surface area contributed by atoms with Crippen molar-refractivity contribution in [2.45, 2.75) is 103 Å². The molecule has 2 aliphatic rings. The molecule has 1 unspecified atom stereocenters. The van der Waals surface area contributed by atoms with Gasteiger partial charge in [-0.3, -0.25) is 4.79 Å². The van der Waals surface area contributed by atoms with Gasteiger partial charge in [0.1, 0.15) is 0 Å². The Bertz CT molecular complexity index is 423. The van der Waals surface area contributed by atoms with Gasteiger partial charge in [0.05, 0.1) is 6.10 Å². The Kier molecular flexibility index (Phi) is 14.1. The van der Waals surface area contributed by atoms with Crippen LogP contribution in [0.1, 0.15) is 96.8 Å². The molecule has 0 heterocycles. The molecular formula is C24H42O3. The summed E-state index contributed by atoms with van der Waals surface area (Å²) in [5.74, 6) is 0.894. The summed E-state index contributed by atoms with van der Waals surface area (Å²) in [6.45, 7) is 2.26. The normalized spacial score (nSPS) is 22.3. The van der Waals surface area contributed by atoms with Crippen LogP contribution >= 0.6 is 0 Å². The predicted molar refractivity (Wildman–Crippen MR) is 114 cm³/mol. The second-order valence-corrected chi connectivity index (χ2v) is 8.06. The summed E-state index contributed by atoms with van der Waals surface area (Å²) < 4.78 is 4.86. The summed E-state index contributed by atoms with van der Waals surface area (Å²) in [7, 11) is 1.76. The minimum Gasteiger partial charge on any atom is -0.481 e. The summed E-state index contributed by atoms with van der Waals surface area (Å²) in [6, 6.07) is 0. The van der Waals surface area contributed by atoms with E-state index >= 15 is 0 Å². The van der Waals surface area contributed by atoms with E-state index in [4.69, 9.17) is 9.84 Å². The highest BCUT2D eigenvalue weighted by Gasteiger charge is 2.23. The fourth-order valence-corrected chi connectivity index (χ4v) is 3.64. The van der Waals surface area contributed by atoms with Gasteiger partial charge in [-0.05, 0) is 69.6 Å². The highest BCUT2D eigenvalue weighted by atomic mass is 16.5. The molecule has 0 aromatic heterocycles. The van der Waals surface area contributed by atoms with Crippen molar-refractivity contribution < 1.29 is 14.6 Å². The molecule has 0 amide bonds. The van der Waals surface area contributed by atoms with Crippen LogP contribution in [0.15, 0.2) is 24.3 Å². The first kappa shape index (κ1) is 23.9. The Morgan fingerprint density at radius 1 is 1.00 bits per heavy atom. The van der Waals surface area contributed by atoms with Gasteiger partial charge in [-0.2, -0.15) is 0 Å². The van der Waals surface area contributed by atoms with E-state index in [1.54, 1.807) is 7.11 Å². The van der Waals surface area contributed by atoms with E-state index in [2.05, 4.69) is 31.2 Å². The number of rotatable bonds is 13. The average Bonchev–Trinajstić information content (AvgIpc) is 3.40. The molecule has 2 fully saturated rings. The smallest absolute Gasteiger partial charge is 0.303 e. The third-order valence-corrected chi connectivity index (χ3v) is 5.55. The molecule has 2 rings (SSSR count). The van der Waals surface area contributed by atoms with E-state index in [0.29, 0.717) is 6.10 Å². The highest BCUT2D eigenvalue weighted by molar-refractivity contribution is 5.66. The molecule has 0 radical (unpaired) electrons. The molecule has 156 valence electrons. The number of carboxylic acid groups (broad SMARTS) is 1. The molecule has 0 aliphatic heterocycles. The van der Waals surface area contributed by atoms with Crippen LogP contribution in [-0.4, -0.2) is 24.3 Å². The van der Waals surface area contributed by atoms with Gasteiger partial charge >= 0.3 is 5.97 Å². The maximum Gasteiger partial charge on any atom is 0.303 e. The van der Waals surface area contributed by atoms with Crippen LogP contribution in [0.4, 0.5) is 0 Å². The summed E-state index contributed by atoms with van der Waals surface area (Å²) in [5.41, 5.74) is 0. The third-order valence-electron chi connectivity index (χ3n) is 5.55. The molecule has 3 nitrogen and oxygen atoms in total. The second-order valence-electron chi connectivity index (χ2n) is 8.06. The number of carboxylic acids is 1. The monoisotopic (exact) mass is 378 g/mol. The Morgan fingerprint density at radius 3 is 2.41 bits per heavy atom. The van der Waals surface area contributed by atoms with Gasteiger partial charge in [-0.15, -0.1) is 0 Å². The lowest BCUT2D eigenvalue weighted by Gasteiger charge is -2.14. The molecule has 1 N–H and O–H groups in total. The summed E-state index contributed by atoms with van der Waals surface area (Å²) in [6.07, 6.45) is 26.4. The standard InChI is InChI=1S/C20H34O2.C4H8O/c1-2-3-4-5-6-9-13-18-15-12-16-19(18)14-10-7-8-11-17-20(21)22;1-5-4-2-3-4/h7,9-10,13,18-19H,2-6,8,11-12,14-17H2,1H3,(H,21,22);4H,2-3H2,1H3/b10-7-,13-9+;/t18?,19-;/m0./s1. The molecule has 2 aliphatic carbocycles. The van der Waals surface area contributed by atoms with Crippen molar-refractivity contribution >= 4 is 5.97 Å². The van der Waals surface area contributed by atoms with E-state index in [-0.39, 0.29) is 6.42 Å². The van der Waals surface area contributed by atoms with Gasteiger partial charge < -0.3 is 9.84 Å². The summed E-state index contributed by atoms with van der Waals surface area (Å²) >= 11 is 0. The lowest BCUT2D eigenvalue weighted by atomic mass is 9.92. The predicted octanol–water partition coefficient (Wildman–Crippen LogP) is 6.93. The highest BCUT2D eigenvalue weighted by Crippen LogP contribution is 2.35. The van der Waals surface area contributed by atoms with Crippen LogP contribution in [0.25, 0.3) is 0 Å². The maximum absolute atomic E-state index is 10.4. The third kappa shape index (κ3) is 13.7. The minimum absolute atomic E-state index is 0.289. The van der Waals surface area contributed by atoms with Crippen molar-refractivity contribution in [1.82, 2.24) is 0 Å². The largest absolute Gasteiger partial charge is 0.481 e. The molecule has 0 spiro atoms. The Morgan fingerprint density at radius 2 is 1.78 bits per heavy atom. The van der Waals surface area contributed by atoms with Crippen LogP contribution < -0.4 is 0 Å². The lowest BCUT2D eigenvalue weighted by molar-refractivity contribution is -0.137. The molecular weight excluding hydrogens is 336 g/mol. The maximum atomic E-state index is 10.4. The fraction of sp³-hybridized carbons (Fsp3) is 0.792. The molecule has 0 aromatic carbocycles. The molecule has 2 atom stereocenters. The molecule has 0 bridgehead atoms. The van der Waals surface area contributed by atoms with Crippen LogP contribution in [0.3, 0.4) is 0 Å². The first-order valence-corrected chi connectivity index (χ1v) is 11.2. The molecule has 3 heteroatoms. The van der Waals surface area contributed by atoms with Gasteiger partial charge in [-0.25, -0.2) is 0 Å². The number of carbonyl (C=O) groups is 1. The zero-order chi connectivity index (χ0) is 19.7. The average molecular weight is 379 g/mol. The van der Waals surface area contributed by atoms with E-state index < -0.39 is 5.97 Å². The molecule has 0 saturated heterocycles. The van der Waals surface area contributed by atoms with Crippen LogP contribution in [0.5, 0.6) is 0 Å². The summed E-state index contributed by atoms with van der Waals surface area (Å²) in [4.78, 5) is 10.4. The Hall–Kier alpha value is -1.09. The van der Waals surface area contributed by atoms with Crippen molar-refractivity contribution in [2.24, 2.45) is 11.8 Å². The van der Waals surface area contributed by atoms with Gasteiger partial charge in [0.2, 0.25) is 0 Å². The van der Waals surface area contributed by atoms with Crippen molar-refractivity contribution in [1.29, 1.82) is 0 Å². The quantitative estimate of drug-likeness (QED) is 0.279.